The van der Waals surface area contributed by atoms with Gasteiger partial charge in [-0.15, -0.1) is 10.2 Å². The molecule has 0 radical (unpaired) electrons. The van der Waals surface area contributed by atoms with Crippen LogP contribution in [0.4, 0.5) is 32.4 Å². The van der Waals surface area contributed by atoms with Gasteiger partial charge >= 0.3 is 12.3 Å². The maximum Gasteiger partial charge on any atom is 0.416 e. The number of amides is 2. The maximum atomic E-state index is 14.6. The average Bonchev–Trinajstić information content (AvgIpc) is 3.49. The topological polar surface area (TPSA) is 80.6 Å². The van der Waals surface area contributed by atoms with Crippen molar-refractivity contribution in [1.82, 2.24) is 19.7 Å². The molecule has 246 valence electrons. The molecule has 2 saturated carbocycles. The van der Waals surface area contributed by atoms with E-state index >= 15 is 0 Å². The second kappa shape index (κ2) is 10.8. The normalized spacial score (nSPS) is 19.7. The van der Waals surface area contributed by atoms with Gasteiger partial charge in [-0.25, -0.2) is 13.6 Å². The van der Waals surface area contributed by atoms with Crippen LogP contribution in [0, 0.1) is 0 Å². The molecule has 0 bridgehead atoms. The van der Waals surface area contributed by atoms with E-state index in [1.165, 1.54) is 22.2 Å². The highest BCUT2D eigenvalue weighted by Gasteiger charge is 2.60. The second-order valence-corrected chi connectivity index (χ2v) is 13.7. The number of rotatable bonds is 6. The summed E-state index contributed by atoms with van der Waals surface area (Å²) in [6.07, 6.45) is -2.73. The molecule has 2 aromatic carbocycles. The lowest BCUT2D eigenvalue weighted by atomic mass is 9.61. The van der Waals surface area contributed by atoms with Gasteiger partial charge in [0, 0.05) is 37.2 Å². The third kappa shape index (κ3) is 5.51. The van der Waals surface area contributed by atoms with E-state index in [-0.39, 0.29) is 35.0 Å². The Morgan fingerprint density at radius 2 is 1.80 bits per heavy atom. The molecule has 0 N–H and O–H groups in total. The van der Waals surface area contributed by atoms with Crippen LogP contribution in [-0.2, 0) is 29.9 Å². The molecule has 3 aliphatic rings. The number of carbonyl (C=O) groups excluding carboxylic acids is 2. The lowest BCUT2D eigenvalue weighted by Crippen LogP contribution is -2.51. The van der Waals surface area contributed by atoms with Gasteiger partial charge in [-0.3, -0.25) is 9.69 Å². The number of anilines is 1. The molecule has 13 heteroatoms. The molecular formula is C33H36F5N5O3. The van der Waals surface area contributed by atoms with Gasteiger partial charge in [0.05, 0.1) is 23.6 Å². The van der Waals surface area contributed by atoms with Crippen molar-refractivity contribution in [2.24, 2.45) is 7.05 Å². The molecule has 2 fully saturated rings. The zero-order valence-corrected chi connectivity index (χ0v) is 26.3. The predicted molar refractivity (Wildman–Crippen MR) is 158 cm³/mol. The minimum atomic E-state index is -4.78. The highest BCUT2D eigenvalue weighted by atomic mass is 19.4. The van der Waals surface area contributed by atoms with Crippen LogP contribution >= 0.6 is 0 Å². The number of benzene rings is 2. The minimum Gasteiger partial charge on any atom is -0.444 e. The molecule has 2 heterocycles. The molecule has 1 atom stereocenters. The smallest absolute Gasteiger partial charge is 0.416 e. The number of fused-ring (bicyclic) bond motifs is 1. The maximum absolute atomic E-state index is 14.6. The lowest BCUT2D eigenvalue weighted by molar-refractivity contribution is -0.138. The van der Waals surface area contributed by atoms with Gasteiger partial charge in [0.1, 0.15) is 17.8 Å². The summed E-state index contributed by atoms with van der Waals surface area (Å²) in [5.74, 6) is -3.24. The van der Waals surface area contributed by atoms with Crippen molar-refractivity contribution in [2.45, 2.75) is 102 Å². The van der Waals surface area contributed by atoms with E-state index in [4.69, 9.17) is 4.74 Å². The Balaban J connectivity index is 1.37. The molecular weight excluding hydrogens is 609 g/mol. The molecule has 2 aliphatic carbocycles. The molecule has 8 nitrogen and oxygen atoms in total. The minimum absolute atomic E-state index is 0.113. The van der Waals surface area contributed by atoms with Crippen molar-refractivity contribution in [3.05, 3.63) is 76.4 Å². The van der Waals surface area contributed by atoms with Gasteiger partial charge in [0.15, 0.2) is 0 Å². The number of aryl methyl sites for hydroxylation is 1. The molecule has 46 heavy (non-hydrogen) atoms. The van der Waals surface area contributed by atoms with Gasteiger partial charge < -0.3 is 14.2 Å². The van der Waals surface area contributed by atoms with Crippen LogP contribution < -0.4 is 4.90 Å². The fourth-order valence-electron chi connectivity index (χ4n) is 6.91. The molecule has 6 rings (SSSR count). The molecule has 0 saturated heterocycles. The van der Waals surface area contributed by atoms with Crippen molar-refractivity contribution in [1.29, 1.82) is 0 Å². The van der Waals surface area contributed by atoms with Crippen molar-refractivity contribution >= 4 is 17.7 Å². The summed E-state index contributed by atoms with van der Waals surface area (Å²) in [5.41, 5.74) is -2.30. The number of halogens is 5. The fraction of sp³-hybridized carbons (Fsp3) is 0.515. The first kappa shape index (κ1) is 31.9. The van der Waals surface area contributed by atoms with E-state index in [0.29, 0.717) is 24.2 Å². The standard InChI is InChI=1S/C33H36F5N5O3/c1-19(43(22-9-7-10-22)29(45)46-30(2,3)4)20-12-24-25(26(13-20)33(36,37)38)15-42(27(24)44)23-11-6-8-21(14-23)31(16-32(34,35)17-31)28-40-39-18-41(28)5/h6,8,11-14,18-19,22H,7,9-10,15-17H2,1-5H3. The Kier molecular flexibility index (Phi) is 7.47. The second-order valence-electron chi connectivity index (χ2n) is 13.7. The molecule has 0 spiro atoms. The van der Waals surface area contributed by atoms with Crippen LogP contribution in [0.5, 0.6) is 0 Å². The summed E-state index contributed by atoms with van der Waals surface area (Å²) < 4.78 is 79.6. The van der Waals surface area contributed by atoms with Gasteiger partial charge in [-0.2, -0.15) is 13.2 Å². The summed E-state index contributed by atoms with van der Waals surface area (Å²) in [6, 6.07) is 7.87. The third-order valence-electron chi connectivity index (χ3n) is 9.31. The zero-order chi connectivity index (χ0) is 33.4. The van der Waals surface area contributed by atoms with Gasteiger partial charge in [-0.05, 0) is 87.9 Å². The largest absolute Gasteiger partial charge is 0.444 e. The van der Waals surface area contributed by atoms with Crippen molar-refractivity contribution in [3.63, 3.8) is 0 Å². The van der Waals surface area contributed by atoms with E-state index in [1.54, 1.807) is 63.6 Å². The first-order chi connectivity index (χ1) is 21.4. The zero-order valence-electron chi connectivity index (χ0n) is 26.3. The van der Waals surface area contributed by atoms with E-state index in [1.807, 2.05) is 0 Å². The van der Waals surface area contributed by atoms with Gasteiger partial charge in [0.25, 0.3) is 11.8 Å². The van der Waals surface area contributed by atoms with Crippen LogP contribution in [0.3, 0.4) is 0 Å². The number of hydrogen-bond acceptors (Lipinski definition) is 5. The molecule has 3 aromatic rings. The predicted octanol–water partition coefficient (Wildman–Crippen LogP) is 7.56. The van der Waals surface area contributed by atoms with Crippen molar-refractivity contribution < 1.29 is 36.3 Å². The van der Waals surface area contributed by atoms with Crippen LogP contribution in [0.25, 0.3) is 0 Å². The number of ether oxygens (including phenoxy) is 1. The molecule has 1 aliphatic heterocycles. The van der Waals surface area contributed by atoms with Crippen LogP contribution in [-0.4, -0.2) is 49.2 Å². The van der Waals surface area contributed by atoms with E-state index < -0.39 is 59.6 Å². The van der Waals surface area contributed by atoms with Crippen LogP contribution in [0.1, 0.15) is 104 Å². The molecule has 2 amide bonds. The number of alkyl halides is 5. The summed E-state index contributed by atoms with van der Waals surface area (Å²) in [7, 11) is 1.66. The molecule has 1 unspecified atom stereocenters. The summed E-state index contributed by atoms with van der Waals surface area (Å²) >= 11 is 0. The number of aromatic nitrogens is 3. The Morgan fingerprint density at radius 3 is 2.35 bits per heavy atom. The Hall–Kier alpha value is -4.03. The quantitative estimate of drug-likeness (QED) is 0.259. The van der Waals surface area contributed by atoms with Crippen molar-refractivity contribution in [3.8, 4) is 0 Å². The Morgan fingerprint density at radius 1 is 1.11 bits per heavy atom. The summed E-state index contributed by atoms with van der Waals surface area (Å²) in [5, 5.41) is 7.96. The Bertz CT molecular complexity index is 1680. The molecule has 1 aromatic heterocycles. The highest BCUT2D eigenvalue weighted by molar-refractivity contribution is 6.10. The summed E-state index contributed by atoms with van der Waals surface area (Å²) in [6.45, 7) is 6.45. The first-order valence-electron chi connectivity index (χ1n) is 15.3. The van der Waals surface area contributed by atoms with Crippen LogP contribution in [0.2, 0.25) is 0 Å². The van der Waals surface area contributed by atoms with E-state index in [9.17, 15) is 31.5 Å². The first-order valence-corrected chi connectivity index (χ1v) is 15.3. The third-order valence-corrected chi connectivity index (χ3v) is 9.31. The van der Waals surface area contributed by atoms with E-state index in [2.05, 4.69) is 10.2 Å². The SMILES string of the molecule is CC(c1cc2c(c(C(F)(F)F)c1)CN(c1cccc(C3(c4nncn4C)CC(F)(F)C3)c1)C2=O)N(C(=O)OC(C)(C)C)C1CCC1. The monoisotopic (exact) mass is 645 g/mol. The number of hydrogen-bond donors (Lipinski definition) is 0. The van der Waals surface area contributed by atoms with Crippen molar-refractivity contribution in [2.75, 3.05) is 4.90 Å². The van der Waals surface area contributed by atoms with Gasteiger partial charge in [-0.1, -0.05) is 12.1 Å². The highest BCUT2D eigenvalue weighted by Crippen LogP contribution is 2.57. The number of nitrogens with zero attached hydrogens (tertiary/aromatic N) is 5. The van der Waals surface area contributed by atoms with Crippen LogP contribution in [0.15, 0.2) is 42.7 Å². The lowest BCUT2D eigenvalue weighted by Gasteiger charge is -2.46. The number of carbonyl (C=O) groups is 2. The van der Waals surface area contributed by atoms with Gasteiger partial charge in [0.2, 0.25) is 0 Å². The fourth-order valence-corrected chi connectivity index (χ4v) is 6.91. The average molecular weight is 646 g/mol. The summed E-state index contributed by atoms with van der Waals surface area (Å²) in [4.78, 5) is 29.9. The van der Waals surface area contributed by atoms with E-state index in [0.717, 1.165) is 12.5 Å². The Labute approximate surface area is 263 Å².